The highest BCUT2D eigenvalue weighted by atomic mass is 32.2. The zero-order valence-electron chi connectivity index (χ0n) is 15.1. The van der Waals surface area contributed by atoms with Gasteiger partial charge in [-0.2, -0.15) is 0 Å². The van der Waals surface area contributed by atoms with Crippen molar-refractivity contribution in [1.29, 1.82) is 0 Å². The van der Waals surface area contributed by atoms with Gasteiger partial charge < -0.3 is 4.90 Å². The average Bonchev–Trinajstić information content (AvgIpc) is 2.95. The highest BCUT2D eigenvalue weighted by Gasteiger charge is 2.20. The molecule has 0 bridgehead atoms. The first kappa shape index (κ1) is 22.1. The highest BCUT2D eigenvalue weighted by molar-refractivity contribution is 7.90. The van der Waals surface area contributed by atoms with Gasteiger partial charge in [0.2, 0.25) is 0 Å². The van der Waals surface area contributed by atoms with Gasteiger partial charge in [0.05, 0.1) is 0 Å². The molecule has 2 unspecified atom stereocenters. The Morgan fingerprint density at radius 2 is 1.78 bits per heavy atom. The monoisotopic (exact) mass is 345 g/mol. The molecule has 1 aromatic rings. The van der Waals surface area contributed by atoms with Gasteiger partial charge in [-0.3, -0.25) is 0 Å². The smallest absolute Gasteiger partial charge is 0.190 e. The number of nitrogens with zero attached hydrogens (tertiary/aromatic N) is 1. The molecule has 0 spiro atoms. The summed E-state index contributed by atoms with van der Waals surface area (Å²) < 4.78 is 30.2. The topological polar surface area (TPSA) is 37.4 Å². The minimum Gasteiger partial charge on any atom is -0.302 e. The van der Waals surface area contributed by atoms with Crippen LogP contribution in [0.1, 0.15) is 45.6 Å². The van der Waals surface area contributed by atoms with Crippen LogP contribution in [0, 0.1) is 5.92 Å². The largest absolute Gasteiger partial charge is 0.302 e. The number of alkyl halides is 1. The third kappa shape index (κ3) is 10.4. The molecule has 2 atom stereocenters. The average molecular weight is 346 g/mol. The van der Waals surface area contributed by atoms with Crippen LogP contribution < -0.4 is 0 Å². The van der Waals surface area contributed by atoms with E-state index in [0.29, 0.717) is 5.92 Å². The molecule has 2 rings (SSSR count). The lowest BCUT2D eigenvalue weighted by molar-refractivity contribution is 0.311. The lowest BCUT2D eigenvalue weighted by Crippen LogP contribution is -2.25. The van der Waals surface area contributed by atoms with E-state index in [-0.39, 0.29) is 0 Å². The summed E-state index contributed by atoms with van der Waals surface area (Å²) in [5.74, 6) is 1.56. The molecule has 23 heavy (non-hydrogen) atoms. The van der Waals surface area contributed by atoms with Gasteiger partial charge in [-0.1, -0.05) is 58.0 Å². The molecule has 1 heterocycles. The number of hydrogen-bond acceptors (Lipinski definition) is 3. The number of benzene rings is 1. The van der Waals surface area contributed by atoms with Crippen LogP contribution in [0.5, 0.6) is 0 Å². The minimum absolute atomic E-state index is 0.663. The number of hydrogen-bond donors (Lipinski definition) is 0. The maximum Gasteiger partial charge on any atom is 0.190 e. The van der Waals surface area contributed by atoms with Crippen molar-refractivity contribution in [3.63, 3.8) is 0 Å². The summed E-state index contributed by atoms with van der Waals surface area (Å²) in [7, 11) is -3.33. The van der Waals surface area contributed by atoms with E-state index in [1.165, 1.54) is 31.6 Å². The molecule has 1 aromatic carbocycles. The number of likely N-dealkylation sites (tertiary alicyclic amines) is 1. The maximum atomic E-state index is 10.9. The van der Waals surface area contributed by atoms with Crippen molar-refractivity contribution in [3.8, 4) is 0 Å². The fourth-order valence-electron chi connectivity index (χ4n) is 2.47. The van der Waals surface area contributed by atoms with Gasteiger partial charge in [0.25, 0.3) is 0 Å². The van der Waals surface area contributed by atoms with E-state index in [9.17, 15) is 12.8 Å². The minimum atomic E-state index is -3.33. The summed E-state index contributed by atoms with van der Waals surface area (Å²) in [6.45, 7) is 12.5. The van der Waals surface area contributed by atoms with E-state index in [0.717, 1.165) is 12.2 Å². The van der Waals surface area contributed by atoms with Crippen LogP contribution in [0.2, 0.25) is 0 Å². The maximum absolute atomic E-state index is 10.9. The number of halogens is 1. The van der Waals surface area contributed by atoms with Crippen LogP contribution in [-0.2, 0) is 9.84 Å². The van der Waals surface area contributed by atoms with E-state index < -0.39 is 15.8 Å². The molecular formula is C18H32FNO2S. The van der Waals surface area contributed by atoms with Crippen LogP contribution in [0.3, 0.4) is 0 Å². The fraction of sp³-hybridized carbons (Fsp3) is 0.667. The first-order chi connectivity index (χ1) is 10.8. The Bertz CT molecular complexity index is 505. The molecular weight excluding hydrogens is 313 g/mol. The van der Waals surface area contributed by atoms with Crippen molar-refractivity contribution in [1.82, 2.24) is 4.90 Å². The Morgan fingerprint density at radius 3 is 2.17 bits per heavy atom. The summed E-state index contributed by atoms with van der Waals surface area (Å²) in [4.78, 5) is 2.60. The van der Waals surface area contributed by atoms with Gasteiger partial charge in [0.1, 0.15) is 0 Å². The molecule has 0 aromatic heterocycles. The zero-order valence-corrected chi connectivity index (χ0v) is 15.9. The Labute approximate surface area is 141 Å². The molecule has 0 aliphatic carbocycles. The lowest BCUT2D eigenvalue weighted by Gasteiger charge is -2.20. The second-order valence-electron chi connectivity index (χ2n) is 6.00. The van der Waals surface area contributed by atoms with E-state index in [1.807, 2.05) is 13.8 Å². The van der Waals surface area contributed by atoms with Gasteiger partial charge in [0.15, 0.2) is 15.8 Å². The second-order valence-corrected chi connectivity index (χ2v) is 8.07. The third-order valence-corrected chi connectivity index (χ3v) is 4.00. The predicted molar refractivity (Wildman–Crippen MR) is 97.2 cm³/mol. The van der Waals surface area contributed by atoms with E-state index in [1.54, 1.807) is 0 Å². The van der Waals surface area contributed by atoms with Crippen molar-refractivity contribution in [3.05, 3.63) is 35.9 Å². The van der Waals surface area contributed by atoms with Crippen LogP contribution >= 0.6 is 0 Å². The molecule has 0 saturated carbocycles. The summed E-state index contributed by atoms with van der Waals surface area (Å²) in [6.07, 6.45) is 2.22. The van der Waals surface area contributed by atoms with E-state index >= 15 is 0 Å². The van der Waals surface area contributed by atoms with Gasteiger partial charge in [-0.05, 0) is 30.4 Å². The van der Waals surface area contributed by atoms with Gasteiger partial charge >= 0.3 is 0 Å². The summed E-state index contributed by atoms with van der Waals surface area (Å²) >= 11 is 0. The van der Waals surface area contributed by atoms with Crippen molar-refractivity contribution < 1.29 is 12.8 Å². The van der Waals surface area contributed by atoms with E-state index in [4.69, 9.17) is 0 Å². The normalized spacial score (nSPS) is 19.1. The van der Waals surface area contributed by atoms with Gasteiger partial charge in [-0.25, -0.2) is 12.8 Å². The number of rotatable bonds is 4. The lowest BCUT2D eigenvalue weighted by atomic mass is 10.0. The Kier molecular flexibility index (Phi) is 11.1. The Morgan fingerprint density at radius 1 is 1.26 bits per heavy atom. The van der Waals surface area contributed by atoms with Crippen molar-refractivity contribution in [2.45, 2.75) is 40.0 Å². The zero-order chi connectivity index (χ0) is 17.9. The summed E-state index contributed by atoms with van der Waals surface area (Å²) in [5, 5.41) is 0. The molecule has 0 amide bonds. The third-order valence-electron chi connectivity index (χ3n) is 3.61. The van der Waals surface area contributed by atoms with Gasteiger partial charge in [-0.15, -0.1) is 0 Å². The molecule has 1 saturated heterocycles. The van der Waals surface area contributed by atoms with Crippen LogP contribution in [0.4, 0.5) is 4.39 Å². The van der Waals surface area contributed by atoms with E-state index in [2.05, 4.69) is 49.1 Å². The standard InChI is InChI=1S/C14H21N.C2H5FO2S.C2H6/c1-12-8-9-15(10-12)11-13(2)14-6-4-3-5-7-14;1-6(4,5)2-3;1-2/h3-7,12-13H,8-11H2,1-2H3;2H2,1H3;1-2H3. The van der Waals surface area contributed by atoms with Crippen molar-refractivity contribution >= 4 is 9.84 Å². The predicted octanol–water partition coefficient (Wildman–Crippen LogP) is 4.12. The molecule has 0 radical (unpaired) electrons. The Hall–Kier alpha value is -0.940. The molecule has 5 heteroatoms. The van der Waals surface area contributed by atoms with Crippen LogP contribution in [0.15, 0.2) is 30.3 Å². The van der Waals surface area contributed by atoms with Gasteiger partial charge in [0, 0.05) is 19.3 Å². The first-order valence-corrected chi connectivity index (χ1v) is 10.4. The van der Waals surface area contributed by atoms with Crippen LogP contribution in [-0.4, -0.2) is 45.2 Å². The summed E-state index contributed by atoms with van der Waals surface area (Å²) in [6, 6.07) is 9.59. The SMILES string of the molecule is CC.CC1CCN(CC(C)c2ccccc2)C1.CS(=O)(=O)CF. The molecule has 1 fully saturated rings. The second kappa shape index (κ2) is 11.6. The summed E-state index contributed by atoms with van der Waals surface area (Å²) in [5.41, 5.74) is 1.47. The molecule has 134 valence electrons. The number of sulfone groups is 1. The quantitative estimate of drug-likeness (QED) is 0.824. The molecule has 1 aliphatic rings. The first-order valence-electron chi connectivity index (χ1n) is 8.33. The molecule has 1 aliphatic heterocycles. The van der Waals surface area contributed by atoms with Crippen molar-refractivity contribution in [2.75, 3.05) is 31.9 Å². The van der Waals surface area contributed by atoms with Crippen LogP contribution in [0.25, 0.3) is 0 Å². The molecule has 3 nitrogen and oxygen atoms in total. The highest BCUT2D eigenvalue weighted by Crippen LogP contribution is 2.21. The Balaban J connectivity index is 0.000000515. The fourth-order valence-corrected chi connectivity index (χ4v) is 2.47. The van der Waals surface area contributed by atoms with Crippen molar-refractivity contribution in [2.24, 2.45) is 5.92 Å². The molecule has 0 N–H and O–H groups in total.